The van der Waals surface area contributed by atoms with Crippen molar-refractivity contribution in [1.82, 2.24) is 0 Å². The van der Waals surface area contributed by atoms with Gasteiger partial charge in [0.05, 0.1) is 0 Å². The normalized spacial score (nSPS) is 20.0. The highest BCUT2D eigenvalue weighted by atomic mass is 16.1. The molecule has 1 amide bonds. The van der Waals surface area contributed by atoms with E-state index in [2.05, 4.69) is 32.9 Å². The minimum absolute atomic E-state index is 0.0377. The van der Waals surface area contributed by atoms with E-state index in [0.717, 1.165) is 35.1 Å². The molecular formula is C28H35NO2. The molecule has 0 heterocycles. The number of benzene rings is 1. The Morgan fingerprint density at radius 2 is 1.68 bits per heavy atom. The maximum Gasteiger partial charge on any atom is 0.241 e. The predicted octanol–water partition coefficient (Wildman–Crippen LogP) is 6.42. The lowest BCUT2D eigenvalue weighted by Crippen LogP contribution is -2.35. The molecule has 2 rings (SSSR count). The van der Waals surface area contributed by atoms with E-state index in [9.17, 15) is 9.59 Å². The summed E-state index contributed by atoms with van der Waals surface area (Å²) in [7, 11) is 0. The molecule has 1 unspecified atom stereocenters. The quantitative estimate of drug-likeness (QED) is 0.316. The molecule has 0 aromatic heterocycles. The number of ketones is 1. The van der Waals surface area contributed by atoms with Crippen LogP contribution in [0.25, 0.3) is 0 Å². The second-order valence-corrected chi connectivity index (χ2v) is 9.13. The summed E-state index contributed by atoms with van der Waals surface area (Å²) >= 11 is 0. The third-order valence-corrected chi connectivity index (χ3v) is 6.09. The summed E-state index contributed by atoms with van der Waals surface area (Å²) in [5.74, 6) is -0.251. The highest BCUT2D eigenvalue weighted by Gasteiger charge is 2.40. The molecule has 0 fully saturated rings. The van der Waals surface area contributed by atoms with Crippen LogP contribution < -0.4 is 5.73 Å². The molecule has 0 bridgehead atoms. The van der Waals surface area contributed by atoms with Crippen LogP contribution in [0.2, 0.25) is 0 Å². The van der Waals surface area contributed by atoms with Crippen LogP contribution in [0.4, 0.5) is 0 Å². The molecule has 31 heavy (non-hydrogen) atoms. The highest BCUT2D eigenvalue weighted by Crippen LogP contribution is 2.46. The second kappa shape index (κ2) is 10.4. The van der Waals surface area contributed by atoms with Crippen molar-refractivity contribution >= 4 is 11.7 Å². The first-order chi connectivity index (χ1) is 14.5. The Morgan fingerprint density at radius 1 is 1.03 bits per heavy atom. The van der Waals surface area contributed by atoms with Gasteiger partial charge in [-0.25, -0.2) is 0 Å². The number of hydrogen-bond donors (Lipinski definition) is 1. The molecule has 1 aliphatic carbocycles. The monoisotopic (exact) mass is 417 g/mol. The van der Waals surface area contributed by atoms with Crippen molar-refractivity contribution in [3.05, 3.63) is 94.1 Å². The number of carbonyl (C=O) groups excluding carboxylic acids is 2. The molecule has 3 nitrogen and oxygen atoms in total. The van der Waals surface area contributed by atoms with Gasteiger partial charge in [-0.15, -0.1) is 0 Å². The van der Waals surface area contributed by atoms with E-state index in [-0.39, 0.29) is 17.1 Å². The average molecular weight is 418 g/mol. The fourth-order valence-electron chi connectivity index (χ4n) is 4.22. The van der Waals surface area contributed by atoms with Crippen LogP contribution in [0.5, 0.6) is 0 Å². The minimum atomic E-state index is -0.445. The van der Waals surface area contributed by atoms with E-state index < -0.39 is 5.91 Å². The SMILES string of the molecule is CC1=C(/C=C/C(C)=C/C=C/C(C)=C/C(N)=O)C(C)(C)C(C(=O)c2ccc(C)cc2)CC1. The number of amides is 1. The minimum Gasteiger partial charge on any atom is -0.366 e. The lowest BCUT2D eigenvalue weighted by atomic mass is 9.63. The topological polar surface area (TPSA) is 60.2 Å². The zero-order chi connectivity index (χ0) is 23.2. The van der Waals surface area contributed by atoms with Gasteiger partial charge in [0.1, 0.15) is 0 Å². The number of Topliss-reactive ketones (excluding diaryl/α,β-unsaturated/α-hetero) is 1. The summed E-state index contributed by atoms with van der Waals surface area (Å²) in [5.41, 5.74) is 11.4. The summed E-state index contributed by atoms with van der Waals surface area (Å²) in [5, 5.41) is 0. The number of allylic oxidation sites excluding steroid dienone is 9. The van der Waals surface area contributed by atoms with Crippen molar-refractivity contribution in [2.24, 2.45) is 17.1 Å². The zero-order valence-corrected chi connectivity index (χ0v) is 19.7. The van der Waals surface area contributed by atoms with Crippen LogP contribution in [0.1, 0.15) is 63.4 Å². The Morgan fingerprint density at radius 3 is 2.29 bits per heavy atom. The third kappa shape index (κ3) is 6.52. The van der Waals surface area contributed by atoms with Gasteiger partial charge in [-0.3, -0.25) is 9.59 Å². The Bertz CT molecular complexity index is 982. The molecule has 1 aliphatic rings. The maximum absolute atomic E-state index is 13.3. The summed E-state index contributed by atoms with van der Waals surface area (Å²) < 4.78 is 0. The van der Waals surface area contributed by atoms with Crippen LogP contribution >= 0.6 is 0 Å². The van der Waals surface area contributed by atoms with E-state index in [1.165, 1.54) is 17.2 Å². The first kappa shape index (κ1) is 24.3. The highest BCUT2D eigenvalue weighted by molar-refractivity contribution is 5.98. The third-order valence-electron chi connectivity index (χ3n) is 6.09. The number of aryl methyl sites for hydroxylation is 1. The Hall–Kier alpha value is -2.94. The van der Waals surface area contributed by atoms with Crippen molar-refractivity contribution in [3.8, 4) is 0 Å². The first-order valence-electron chi connectivity index (χ1n) is 10.8. The average Bonchev–Trinajstić information content (AvgIpc) is 2.67. The van der Waals surface area contributed by atoms with Gasteiger partial charge in [0.2, 0.25) is 5.91 Å². The van der Waals surface area contributed by atoms with Gasteiger partial charge in [0.25, 0.3) is 0 Å². The Labute approximate surface area is 187 Å². The van der Waals surface area contributed by atoms with Crippen molar-refractivity contribution in [2.45, 2.75) is 54.4 Å². The molecule has 0 radical (unpaired) electrons. The lowest BCUT2D eigenvalue weighted by Gasteiger charge is -2.40. The van der Waals surface area contributed by atoms with E-state index in [4.69, 9.17) is 5.73 Å². The lowest BCUT2D eigenvalue weighted by molar-refractivity contribution is -0.113. The molecule has 0 aliphatic heterocycles. The van der Waals surface area contributed by atoms with Crippen molar-refractivity contribution in [3.63, 3.8) is 0 Å². The maximum atomic E-state index is 13.3. The number of nitrogens with two attached hydrogens (primary N) is 1. The summed E-state index contributed by atoms with van der Waals surface area (Å²) in [4.78, 5) is 24.2. The molecule has 1 aromatic carbocycles. The smallest absolute Gasteiger partial charge is 0.241 e. The summed E-state index contributed by atoms with van der Waals surface area (Å²) in [6.07, 6.45) is 13.2. The van der Waals surface area contributed by atoms with Gasteiger partial charge in [-0.05, 0) is 57.1 Å². The van der Waals surface area contributed by atoms with Gasteiger partial charge >= 0.3 is 0 Å². The van der Waals surface area contributed by atoms with Crippen LogP contribution in [0.15, 0.2) is 83.0 Å². The van der Waals surface area contributed by atoms with Gasteiger partial charge in [0.15, 0.2) is 5.78 Å². The van der Waals surface area contributed by atoms with Crippen LogP contribution in [0, 0.1) is 18.3 Å². The first-order valence-corrected chi connectivity index (χ1v) is 10.8. The zero-order valence-electron chi connectivity index (χ0n) is 19.7. The van der Waals surface area contributed by atoms with Crippen LogP contribution in [0.3, 0.4) is 0 Å². The van der Waals surface area contributed by atoms with E-state index in [1.807, 2.05) is 63.3 Å². The van der Waals surface area contributed by atoms with E-state index in [0.29, 0.717) is 0 Å². The number of carbonyl (C=O) groups is 2. The summed E-state index contributed by atoms with van der Waals surface area (Å²) in [6, 6.07) is 7.91. The number of primary amides is 1. The van der Waals surface area contributed by atoms with Crippen molar-refractivity contribution in [2.75, 3.05) is 0 Å². The predicted molar refractivity (Wildman–Crippen MR) is 130 cm³/mol. The molecule has 0 spiro atoms. The molecule has 1 atom stereocenters. The molecule has 0 saturated heterocycles. The van der Waals surface area contributed by atoms with Gasteiger partial charge in [-0.2, -0.15) is 0 Å². The fraction of sp³-hybridized carbons (Fsp3) is 0.357. The van der Waals surface area contributed by atoms with E-state index >= 15 is 0 Å². The molecule has 164 valence electrons. The molecule has 0 saturated carbocycles. The van der Waals surface area contributed by atoms with E-state index in [1.54, 1.807) is 0 Å². The molecule has 2 N–H and O–H groups in total. The summed E-state index contributed by atoms with van der Waals surface area (Å²) in [6.45, 7) is 12.4. The number of rotatable bonds is 7. The number of hydrogen-bond acceptors (Lipinski definition) is 2. The largest absolute Gasteiger partial charge is 0.366 e. The van der Waals surface area contributed by atoms with Crippen LogP contribution in [-0.4, -0.2) is 11.7 Å². The Kier molecular flexibility index (Phi) is 8.15. The van der Waals surface area contributed by atoms with Crippen molar-refractivity contribution < 1.29 is 9.59 Å². The van der Waals surface area contributed by atoms with Crippen LogP contribution in [-0.2, 0) is 4.79 Å². The molecule has 1 aromatic rings. The Balaban J connectivity index is 2.22. The van der Waals surface area contributed by atoms with Gasteiger partial charge < -0.3 is 5.73 Å². The molecule has 3 heteroatoms. The van der Waals surface area contributed by atoms with Gasteiger partial charge in [0, 0.05) is 17.6 Å². The van der Waals surface area contributed by atoms with Gasteiger partial charge in [-0.1, -0.05) is 85.2 Å². The van der Waals surface area contributed by atoms with Crippen molar-refractivity contribution in [1.29, 1.82) is 0 Å². The fourth-order valence-corrected chi connectivity index (χ4v) is 4.22. The molecular weight excluding hydrogens is 382 g/mol. The standard InChI is InChI=1S/C28H35NO2/c1-19(8-7-9-21(3)18-26(29)30)12-16-24-22(4)13-17-25(28(24,5)6)27(31)23-14-10-20(2)11-15-23/h7-12,14-16,18,25H,13,17H2,1-6H3,(H2,29,30)/b9-7+,16-12+,19-8+,21-18+. The second-order valence-electron chi connectivity index (χ2n) is 9.13.